The number of likely N-dealkylation sites (tertiary alicyclic amines) is 2. The number of piperidine rings is 1. The average molecular weight is 343 g/mol. The molecule has 0 aliphatic carbocycles. The molecular formula is C20H29N3O2. The smallest absolute Gasteiger partial charge is 0.236 e. The first kappa shape index (κ1) is 17.9. The fraction of sp³-hybridized carbons (Fsp3) is 0.600. The summed E-state index contributed by atoms with van der Waals surface area (Å²) in [5.74, 6) is 0.448. The van der Waals surface area contributed by atoms with Crippen LogP contribution in [0, 0.1) is 6.92 Å². The molecule has 0 aromatic heterocycles. The van der Waals surface area contributed by atoms with Gasteiger partial charge >= 0.3 is 0 Å². The Kier molecular flexibility index (Phi) is 5.13. The molecule has 1 aromatic rings. The fourth-order valence-electron chi connectivity index (χ4n) is 4.19. The largest absolute Gasteiger partial charge is 0.341 e. The highest BCUT2D eigenvalue weighted by Gasteiger charge is 2.47. The van der Waals surface area contributed by atoms with E-state index in [0.717, 1.165) is 32.4 Å². The van der Waals surface area contributed by atoms with E-state index in [9.17, 15) is 9.59 Å². The van der Waals surface area contributed by atoms with Crippen LogP contribution in [0.3, 0.4) is 0 Å². The normalized spacial score (nSPS) is 19.9. The van der Waals surface area contributed by atoms with Gasteiger partial charge in [-0.25, -0.2) is 0 Å². The Morgan fingerprint density at radius 3 is 2.56 bits per heavy atom. The first-order chi connectivity index (χ1) is 11.9. The number of benzene rings is 1. The molecule has 1 spiro atoms. The minimum Gasteiger partial charge on any atom is -0.341 e. The zero-order valence-corrected chi connectivity index (χ0v) is 15.6. The van der Waals surface area contributed by atoms with Crippen LogP contribution in [0.15, 0.2) is 24.3 Å². The number of carbonyl (C=O) groups excluding carboxylic acids is 2. The molecule has 5 heteroatoms. The molecule has 2 amide bonds. The zero-order chi connectivity index (χ0) is 18.0. The summed E-state index contributed by atoms with van der Waals surface area (Å²) in [5, 5.41) is 0. The number of rotatable bonds is 4. The van der Waals surface area contributed by atoms with Crippen molar-refractivity contribution in [1.82, 2.24) is 14.7 Å². The lowest BCUT2D eigenvalue weighted by atomic mass is 9.84. The molecule has 0 unspecified atom stereocenters. The lowest BCUT2D eigenvalue weighted by Crippen LogP contribution is -2.54. The van der Waals surface area contributed by atoms with Gasteiger partial charge in [-0.05, 0) is 45.8 Å². The highest BCUT2D eigenvalue weighted by molar-refractivity contribution is 5.80. The van der Waals surface area contributed by atoms with Gasteiger partial charge in [0.2, 0.25) is 11.8 Å². The van der Waals surface area contributed by atoms with E-state index in [4.69, 9.17) is 0 Å². The van der Waals surface area contributed by atoms with Gasteiger partial charge in [-0.15, -0.1) is 0 Å². The van der Waals surface area contributed by atoms with E-state index in [0.29, 0.717) is 19.5 Å². The molecule has 0 bridgehead atoms. The van der Waals surface area contributed by atoms with Crippen molar-refractivity contribution in [3.8, 4) is 0 Å². The molecule has 5 nitrogen and oxygen atoms in total. The first-order valence-corrected chi connectivity index (χ1v) is 9.18. The fourth-order valence-corrected chi connectivity index (χ4v) is 4.19. The van der Waals surface area contributed by atoms with Crippen LogP contribution in [0.4, 0.5) is 0 Å². The van der Waals surface area contributed by atoms with Crippen molar-refractivity contribution in [2.24, 2.45) is 0 Å². The standard InChI is InChI=1S/C20H29N3O2/c1-16-5-4-6-17(13-16)14-23-18(24)7-8-20(23)9-11-22(12-10-20)19(25)15-21(2)3/h4-6,13H,7-12,14-15H2,1-3H3. The van der Waals surface area contributed by atoms with Crippen LogP contribution in [-0.2, 0) is 16.1 Å². The third-order valence-corrected chi connectivity index (χ3v) is 5.60. The molecule has 2 fully saturated rings. The van der Waals surface area contributed by atoms with Crippen molar-refractivity contribution in [1.29, 1.82) is 0 Å². The third-order valence-electron chi connectivity index (χ3n) is 5.60. The van der Waals surface area contributed by atoms with Crippen molar-refractivity contribution in [3.05, 3.63) is 35.4 Å². The quantitative estimate of drug-likeness (QED) is 0.840. The first-order valence-electron chi connectivity index (χ1n) is 9.18. The molecule has 25 heavy (non-hydrogen) atoms. The van der Waals surface area contributed by atoms with Gasteiger partial charge in [0.1, 0.15) is 0 Å². The van der Waals surface area contributed by atoms with Crippen LogP contribution < -0.4 is 0 Å². The van der Waals surface area contributed by atoms with Crippen molar-refractivity contribution < 1.29 is 9.59 Å². The number of aryl methyl sites for hydroxylation is 1. The summed E-state index contributed by atoms with van der Waals surface area (Å²) in [6, 6.07) is 8.40. The summed E-state index contributed by atoms with van der Waals surface area (Å²) in [6.45, 7) is 4.74. The van der Waals surface area contributed by atoms with Gasteiger partial charge in [0.05, 0.1) is 6.54 Å². The van der Waals surface area contributed by atoms with Crippen LogP contribution in [0.1, 0.15) is 36.8 Å². The number of hydrogen-bond donors (Lipinski definition) is 0. The van der Waals surface area contributed by atoms with Crippen LogP contribution in [0.5, 0.6) is 0 Å². The second-order valence-corrected chi connectivity index (χ2v) is 7.81. The molecule has 0 atom stereocenters. The maximum Gasteiger partial charge on any atom is 0.236 e. The lowest BCUT2D eigenvalue weighted by molar-refractivity contribution is -0.137. The summed E-state index contributed by atoms with van der Waals surface area (Å²) in [7, 11) is 3.84. The molecule has 136 valence electrons. The molecule has 0 N–H and O–H groups in total. The number of carbonyl (C=O) groups is 2. The highest BCUT2D eigenvalue weighted by atomic mass is 16.2. The Balaban J connectivity index is 1.68. The molecule has 0 saturated carbocycles. The minimum absolute atomic E-state index is 0.0598. The summed E-state index contributed by atoms with van der Waals surface area (Å²) in [4.78, 5) is 30.8. The Morgan fingerprint density at radius 1 is 1.20 bits per heavy atom. The minimum atomic E-state index is -0.0598. The van der Waals surface area contributed by atoms with Crippen LogP contribution in [0.2, 0.25) is 0 Å². The van der Waals surface area contributed by atoms with Crippen molar-refractivity contribution >= 4 is 11.8 Å². The van der Waals surface area contributed by atoms with E-state index < -0.39 is 0 Å². The van der Waals surface area contributed by atoms with E-state index in [1.165, 1.54) is 11.1 Å². The molecule has 2 saturated heterocycles. The SMILES string of the molecule is Cc1cccc(CN2C(=O)CCC23CCN(C(=O)CN(C)C)CC3)c1. The number of nitrogens with zero attached hydrogens (tertiary/aromatic N) is 3. The summed E-state index contributed by atoms with van der Waals surface area (Å²) in [6.07, 6.45) is 3.35. The average Bonchev–Trinajstić information content (AvgIpc) is 2.85. The van der Waals surface area contributed by atoms with E-state index in [1.807, 2.05) is 23.9 Å². The Hall–Kier alpha value is -1.88. The second-order valence-electron chi connectivity index (χ2n) is 7.81. The molecule has 0 radical (unpaired) electrons. The number of amides is 2. The van der Waals surface area contributed by atoms with E-state index >= 15 is 0 Å². The van der Waals surface area contributed by atoms with Gasteiger partial charge in [-0.2, -0.15) is 0 Å². The predicted molar refractivity (Wildman–Crippen MR) is 98.1 cm³/mol. The number of hydrogen-bond acceptors (Lipinski definition) is 3. The Labute approximate surface area is 150 Å². The van der Waals surface area contributed by atoms with Crippen molar-refractivity contribution in [3.63, 3.8) is 0 Å². The maximum absolute atomic E-state index is 12.5. The monoisotopic (exact) mass is 343 g/mol. The topological polar surface area (TPSA) is 43.9 Å². The van der Waals surface area contributed by atoms with Gasteiger partial charge in [0.25, 0.3) is 0 Å². The highest BCUT2D eigenvalue weighted by Crippen LogP contribution is 2.40. The predicted octanol–water partition coefficient (Wildman–Crippen LogP) is 2.04. The van der Waals surface area contributed by atoms with Crippen molar-refractivity contribution in [2.75, 3.05) is 33.7 Å². The zero-order valence-electron chi connectivity index (χ0n) is 15.6. The molecule has 2 heterocycles. The van der Waals surface area contributed by atoms with E-state index in [2.05, 4.69) is 36.1 Å². The summed E-state index contributed by atoms with van der Waals surface area (Å²) < 4.78 is 0. The number of likely N-dealkylation sites (N-methyl/N-ethyl adjacent to an activating group) is 1. The van der Waals surface area contributed by atoms with Crippen LogP contribution in [0.25, 0.3) is 0 Å². The van der Waals surface area contributed by atoms with Gasteiger partial charge in [-0.3, -0.25) is 9.59 Å². The molecule has 1 aromatic carbocycles. The molecule has 3 rings (SSSR count). The Bertz CT molecular complexity index is 648. The molecule has 2 aliphatic rings. The van der Waals surface area contributed by atoms with E-state index in [1.54, 1.807) is 0 Å². The second kappa shape index (κ2) is 7.16. The summed E-state index contributed by atoms with van der Waals surface area (Å²) >= 11 is 0. The lowest BCUT2D eigenvalue weighted by Gasteiger charge is -2.45. The van der Waals surface area contributed by atoms with E-state index in [-0.39, 0.29) is 17.4 Å². The van der Waals surface area contributed by atoms with Gasteiger partial charge in [0.15, 0.2) is 0 Å². The molecular weight excluding hydrogens is 314 g/mol. The molecule has 2 aliphatic heterocycles. The van der Waals surface area contributed by atoms with Crippen molar-refractivity contribution in [2.45, 2.75) is 44.7 Å². The maximum atomic E-state index is 12.5. The third kappa shape index (κ3) is 3.87. The Morgan fingerprint density at radius 2 is 1.92 bits per heavy atom. The summed E-state index contributed by atoms with van der Waals surface area (Å²) in [5.41, 5.74) is 2.36. The van der Waals surface area contributed by atoms with Crippen LogP contribution >= 0.6 is 0 Å². The van der Waals surface area contributed by atoms with Gasteiger partial charge in [0, 0.05) is 31.6 Å². The van der Waals surface area contributed by atoms with Crippen LogP contribution in [-0.4, -0.2) is 65.8 Å². The van der Waals surface area contributed by atoms with Gasteiger partial charge in [-0.1, -0.05) is 29.8 Å². The van der Waals surface area contributed by atoms with Gasteiger partial charge < -0.3 is 14.7 Å².